The van der Waals surface area contributed by atoms with E-state index >= 15 is 0 Å². The zero-order valence-corrected chi connectivity index (χ0v) is 10.4. The van der Waals surface area contributed by atoms with Gasteiger partial charge in [-0.25, -0.2) is 4.79 Å². The third kappa shape index (κ3) is 1.88. The van der Waals surface area contributed by atoms with Crippen LogP contribution in [0.4, 0.5) is 0 Å². The van der Waals surface area contributed by atoms with Gasteiger partial charge in [0.15, 0.2) is 6.04 Å². The first-order valence-corrected chi connectivity index (χ1v) is 6.60. The van der Waals surface area contributed by atoms with Crippen molar-refractivity contribution in [2.45, 2.75) is 24.8 Å². The summed E-state index contributed by atoms with van der Waals surface area (Å²) in [7, 11) is 0. The summed E-state index contributed by atoms with van der Waals surface area (Å²) in [5.74, 6) is -0.197. The van der Waals surface area contributed by atoms with E-state index in [0.717, 1.165) is 23.4 Å². The fourth-order valence-corrected chi connectivity index (χ4v) is 2.87. The van der Waals surface area contributed by atoms with Crippen molar-refractivity contribution in [1.82, 2.24) is 4.74 Å². The third-order valence-corrected chi connectivity index (χ3v) is 3.95. The van der Waals surface area contributed by atoms with Crippen molar-refractivity contribution < 1.29 is 9.32 Å². The summed E-state index contributed by atoms with van der Waals surface area (Å²) >= 11 is 1.42. The van der Waals surface area contributed by atoms with Crippen LogP contribution in [0.15, 0.2) is 32.9 Å². The molecular weight excluding hydrogens is 252 g/mol. The Kier molecular flexibility index (Phi) is 2.59. The molecule has 0 spiro atoms. The van der Waals surface area contributed by atoms with Gasteiger partial charge in [-0.05, 0) is 24.3 Å². The number of hydrogen-bond donors (Lipinski definition) is 1. The molecule has 2 heterocycles. The highest BCUT2D eigenvalue weighted by atomic mass is 32.1. The van der Waals surface area contributed by atoms with Crippen molar-refractivity contribution in [2.24, 2.45) is 5.73 Å². The SMILES string of the molecule is NC(=O)C(c1cccs1)n1oc(=O)cc1C1CC1. The van der Waals surface area contributed by atoms with Gasteiger partial charge in [-0.1, -0.05) is 6.07 Å². The van der Waals surface area contributed by atoms with Crippen molar-refractivity contribution in [3.05, 3.63) is 44.6 Å². The van der Waals surface area contributed by atoms with E-state index in [0.29, 0.717) is 5.92 Å². The lowest BCUT2D eigenvalue weighted by Crippen LogP contribution is -2.27. The summed E-state index contributed by atoms with van der Waals surface area (Å²) in [6.45, 7) is 0. The van der Waals surface area contributed by atoms with E-state index in [9.17, 15) is 9.59 Å². The van der Waals surface area contributed by atoms with Gasteiger partial charge in [0.25, 0.3) is 0 Å². The molecule has 1 atom stereocenters. The highest BCUT2D eigenvalue weighted by Crippen LogP contribution is 2.41. The van der Waals surface area contributed by atoms with Gasteiger partial charge in [-0.3, -0.25) is 4.79 Å². The number of rotatable bonds is 4. The Morgan fingerprint density at radius 1 is 1.56 bits per heavy atom. The van der Waals surface area contributed by atoms with Gasteiger partial charge in [0.1, 0.15) is 0 Å². The van der Waals surface area contributed by atoms with Crippen LogP contribution in [0.5, 0.6) is 0 Å². The molecule has 0 radical (unpaired) electrons. The molecule has 0 aliphatic heterocycles. The van der Waals surface area contributed by atoms with E-state index in [1.807, 2.05) is 17.5 Å². The summed E-state index contributed by atoms with van der Waals surface area (Å²) in [5, 5.41) is 1.86. The molecule has 6 heteroatoms. The zero-order chi connectivity index (χ0) is 12.7. The molecule has 2 aromatic rings. The fourth-order valence-electron chi connectivity index (χ4n) is 2.06. The van der Waals surface area contributed by atoms with Gasteiger partial charge < -0.3 is 10.3 Å². The number of hydrogen-bond acceptors (Lipinski definition) is 4. The quantitative estimate of drug-likeness (QED) is 0.907. The Morgan fingerprint density at radius 3 is 2.89 bits per heavy atom. The van der Waals surface area contributed by atoms with Crippen LogP contribution < -0.4 is 11.4 Å². The predicted molar refractivity (Wildman–Crippen MR) is 66.6 cm³/mol. The molecule has 2 N–H and O–H groups in total. The number of carbonyl (C=O) groups excluding carboxylic acids is 1. The first-order valence-electron chi connectivity index (χ1n) is 5.72. The summed E-state index contributed by atoms with van der Waals surface area (Å²) in [6.07, 6.45) is 2.05. The fraction of sp³-hybridized carbons (Fsp3) is 0.333. The lowest BCUT2D eigenvalue weighted by molar-refractivity contribution is -0.121. The molecule has 3 rings (SSSR count). The van der Waals surface area contributed by atoms with Crippen LogP contribution in [0.3, 0.4) is 0 Å². The minimum atomic E-state index is -0.719. The largest absolute Gasteiger partial charge is 0.367 e. The van der Waals surface area contributed by atoms with E-state index < -0.39 is 17.6 Å². The number of thiophene rings is 1. The van der Waals surface area contributed by atoms with Crippen LogP contribution in [-0.2, 0) is 4.79 Å². The summed E-state index contributed by atoms with van der Waals surface area (Å²) < 4.78 is 6.51. The number of aromatic nitrogens is 1. The highest BCUT2D eigenvalue weighted by molar-refractivity contribution is 7.10. The number of nitrogens with two attached hydrogens (primary N) is 1. The lowest BCUT2D eigenvalue weighted by atomic mass is 10.2. The van der Waals surface area contributed by atoms with Crippen LogP contribution in [0, 0.1) is 0 Å². The molecule has 5 nitrogen and oxygen atoms in total. The zero-order valence-electron chi connectivity index (χ0n) is 9.54. The van der Waals surface area contributed by atoms with E-state index in [1.165, 1.54) is 22.1 Å². The van der Waals surface area contributed by atoms with Crippen molar-refractivity contribution in [2.75, 3.05) is 0 Å². The lowest BCUT2D eigenvalue weighted by Gasteiger charge is -2.14. The monoisotopic (exact) mass is 264 g/mol. The van der Waals surface area contributed by atoms with Crippen LogP contribution >= 0.6 is 11.3 Å². The number of carbonyl (C=O) groups is 1. The van der Waals surface area contributed by atoms with Gasteiger partial charge in [0, 0.05) is 16.9 Å². The molecule has 1 amide bonds. The van der Waals surface area contributed by atoms with Crippen molar-refractivity contribution in [1.29, 1.82) is 0 Å². The highest BCUT2D eigenvalue weighted by Gasteiger charge is 2.33. The molecule has 0 bridgehead atoms. The van der Waals surface area contributed by atoms with E-state index in [-0.39, 0.29) is 0 Å². The predicted octanol–water partition coefficient (Wildman–Crippen LogP) is 1.45. The van der Waals surface area contributed by atoms with Crippen LogP contribution in [0.1, 0.15) is 35.4 Å². The molecule has 2 aromatic heterocycles. The minimum absolute atomic E-state index is 0.318. The molecule has 1 aliphatic rings. The number of nitrogens with zero attached hydrogens (tertiary/aromatic N) is 1. The molecule has 94 valence electrons. The maximum Gasteiger partial charge on any atom is 0.357 e. The Labute approximate surface area is 107 Å². The standard InChI is InChI=1S/C12H12N2O3S/c13-12(16)11(9-2-1-5-18-9)14-8(7-3-4-7)6-10(15)17-14/h1-2,5-7,11H,3-4H2,(H2,13,16). The second-order valence-electron chi connectivity index (χ2n) is 4.40. The van der Waals surface area contributed by atoms with E-state index in [2.05, 4.69) is 0 Å². The van der Waals surface area contributed by atoms with Crippen LogP contribution in [-0.4, -0.2) is 10.6 Å². The maximum absolute atomic E-state index is 11.6. The second-order valence-corrected chi connectivity index (χ2v) is 5.38. The normalized spacial score (nSPS) is 16.7. The average Bonchev–Trinajstić information content (AvgIpc) is 2.89. The van der Waals surface area contributed by atoms with Crippen LogP contribution in [0.25, 0.3) is 0 Å². The Morgan fingerprint density at radius 2 is 2.33 bits per heavy atom. The van der Waals surface area contributed by atoms with Gasteiger partial charge in [0.2, 0.25) is 5.91 Å². The van der Waals surface area contributed by atoms with E-state index in [1.54, 1.807) is 0 Å². The second kappa shape index (κ2) is 4.13. The molecule has 1 saturated carbocycles. The Hall–Kier alpha value is -1.82. The first kappa shape index (κ1) is 11.3. The van der Waals surface area contributed by atoms with Crippen molar-refractivity contribution >= 4 is 17.2 Å². The van der Waals surface area contributed by atoms with E-state index in [4.69, 9.17) is 10.3 Å². The molecule has 1 unspecified atom stereocenters. The molecule has 1 fully saturated rings. The number of primary amides is 1. The van der Waals surface area contributed by atoms with Crippen molar-refractivity contribution in [3.8, 4) is 0 Å². The molecule has 0 aromatic carbocycles. The topological polar surface area (TPSA) is 78.2 Å². The third-order valence-electron chi connectivity index (χ3n) is 3.02. The van der Waals surface area contributed by atoms with Gasteiger partial charge in [-0.2, -0.15) is 4.74 Å². The Bertz CT molecular complexity index is 622. The Balaban J connectivity index is 2.10. The van der Waals surface area contributed by atoms with Gasteiger partial charge >= 0.3 is 5.63 Å². The first-order chi connectivity index (χ1) is 8.66. The smallest absolute Gasteiger partial charge is 0.357 e. The molecule has 0 saturated heterocycles. The maximum atomic E-state index is 11.6. The van der Waals surface area contributed by atoms with Gasteiger partial charge in [0.05, 0.1) is 5.69 Å². The molecule has 1 aliphatic carbocycles. The van der Waals surface area contributed by atoms with Gasteiger partial charge in [-0.15, -0.1) is 11.3 Å². The molecular formula is C12H12N2O3S. The van der Waals surface area contributed by atoms with Crippen LogP contribution in [0.2, 0.25) is 0 Å². The molecule has 18 heavy (non-hydrogen) atoms. The van der Waals surface area contributed by atoms with Crippen molar-refractivity contribution in [3.63, 3.8) is 0 Å². The summed E-state index contributed by atoms with van der Waals surface area (Å²) in [4.78, 5) is 23.8. The average molecular weight is 264 g/mol. The number of amides is 1. The minimum Gasteiger partial charge on any atom is -0.367 e. The summed E-state index contributed by atoms with van der Waals surface area (Å²) in [6, 6.07) is 4.40. The summed E-state index contributed by atoms with van der Waals surface area (Å²) in [5.41, 5.74) is 5.79.